The first-order valence-electron chi connectivity index (χ1n) is 12.4. The van der Waals surface area contributed by atoms with Crippen molar-refractivity contribution in [3.63, 3.8) is 0 Å². The molecule has 1 N–H and O–H groups in total. The van der Waals surface area contributed by atoms with Crippen LogP contribution in [0.15, 0.2) is 78.0 Å². The lowest BCUT2D eigenvalue weighted by atomic mass is 9.90. The maximum atomic E-state index is 13.2. The van der Waals surface area contributed by atoms with Crippen molar-refractivity contribution in [1.82, 2.24) is 19.8 Å². The second kappa shape index (κ2) is 10.0. The smallest absolute Gasteiger partial charge is 0.238 e. The topological polar surface area (TPSA) is 73.7 Å². The van der Waals surface area contributed by atoms with Gasteiger partial charge in [0.2, 0.25) is 5.91 Å². The van der Waals surface area contributed by atoms with Crippen molar-refractivity contribution in [3.05, 3.63) is 94.8 Å². The van der Waals surface area contributed by atoms with E-state index in [1.807, 2.05) is 42.5 Å². The third kappa shape index (κ3) is 4.98. The van der Waals surface area contributed by atoms with E-state index in [0.717, 1.165) is 66.3 Å². The summed E-state index contributed by atoms with van der Waals surface area (Å²) in [5.41, 5.74) is 6.68. The van der Waals surface area contributed by atoms with Gasteiger partial charge in [0.05, 0.1) is 22.4 Å². The van der Waals surface area contributed by atoms with Crippen LogP contribution in [0.4, 0.5) is 11.4 Å². The second-order valence-electron chi connectivity index (χ2n) is 9.66. The Hall–Kier alpha value is -3.65. The summed E-state index contributed by atoms with van der Waals surface area (Å²) in [6, 6.07) is 19.6. The molecule has 37 heavy (non-hydrogen) atoms. The van der Waals surface area contributed by atoms with Crippen molar-refractivity contribution in [2.45, 2.75) is 12.5 Å². The van der Waals surface area contributed by atoms with Gasteiger partial charge in [0.25, 0.3) is 0 Å². The molecule has 0 aliphatic carbocycles. The molecule has 0 radical (unpaired) electrons. The third-order valence-corrected chi connectivity index (χ3v) is 7.31. The number of hydrogen-bond donors (Lipinski definition) is 1. The zero-order valence-electron chi connectivity index (χ0n) is 20.6. The summed E-state index contributed by atoms with van der Waals surface area (Å²) in [4.78, 5) is 32.0. The predicted molar refractivity (Wildman–Crippen MR) is 148 cm³/mol. The number of amides is 1. The summed E-state index contributed by atoms with van der Waals surface area (Å²) in [7, 11) is 2.17. The molecule has 6 rings (SSSR count). The summed E-state index contributed by atoms with van der Waals surface area (Å²) in [5, 5.41) is 3.56. The standard InChI is InChI=1S/C29H27ClN6O/c1-35-12-14-36(15-13-35)18-19-2-6-22(7-3-19)33-28(20-4-9-24-26(16-20)32-11-10-31-24)27-23-8-5-21(30)17-25(23)34-29(27)37/h2-11,16-17,27H,12-15,18H2,1H3,(H,34,37). The molecule has 3 heterocycles. The zero-order chi connectivity index (χ0) is 25.4. The highest BCUT2D eigenvalue weighted by Gasteiger charge is 2.35. The quantitative estimate of drug-likeness (QED) is 0.387. The van der Waals surface area contributed by atoms with Crippen LogP contribution in [0.3, 0.4) is 0 Å². The summed E-state index contributed by atoms with van der Waals surface area (Å²) < 4.78 is 0. The van der Waals surface area contributed by atoms with Crippen LogP contribution in [-0.4, -0.2) is 64.6 Å². The molecule has 4 aromatic rings. The maximum absolute atomic E-state index is 13.2. The first-order valence-corrected chi connectivity index (χ1v) is 12.8. The molecule has 1 saturated heterocycles. The molecular weight excluding hydrogens is 484 g/mol. The van der Waals surface area contributed by atoms with E-state index in [9.17, 15) is 4.79 Å². The third-order valence-electron chi connectivity index (χ3n) is 7.07. The number of rotatable bonds is 5. The number of fused-ring (bicyclic) bond motifs is 2. The summed E-state index contributed by atoms with van der Waals surface area (Å²) in [6.07, 6.45) is 3.34. The van der Waals surface area contributed by atoms with E-state index < -0.39 is 5.92 Å². The number of nitrogens with zero attached hydrogens (tertiary/aromatic N) is 5. The number of benzene rings is 3. The Morgan fingerprint density at radius 3 is 2.51 bits per heavy atom. The van der Waals surface area contributed by atoms with Gasteiger partial charge in [0.15, 0.2) is 0 Å². The van der Waals surface area contributed by atoms with Crippen molar-refractivity contribution in [2.24, 2.45) is 4.99 Å². The molecule has 2 aliphatic heterocycles. The number of anilines is 1. The van der Waals surface area contributed by atoms with Crippen LogP contribution >= 0.6 is 11.6 Å². The van der Waals surface area contributed by atoms with Gasteiger partial charge in [-0.25, -0.2) is 0 Å². The van der Waals surface area contributed by atoms with Gasteiger partial charge >= 0.3 is 0 Å². The molecule has 2 aliphatic rings. The predicted octanol–water partition coefficient (Wildman–Crippen LogP) is 4.89. The maximum Gasteiger partial charge on any atom is 0.238 e. The van der Waals surface area contributed by atoms with Gasteiger partial charge in [-0.15, -0.1) is 0 Å². The number of aromatic nitrogens is 2. The summed E-state index contributed by atoms with van der Waals surface area (Å²) >= 11 is 6.20. The molecule has 1 fully saturated rings. The van der Waals surface area contributed by atoms with Crippen molar-refractivity contribution in [2.75, 3.05) is 38.5 Å². The Labute approximate surface area is 220 Å². The van der Waals surface area contributed by atoms with E-state index in [2.05, 4.69) is 44.3 Å². The highest BCUT2D eigenvalue weighted by atomic mass is 35.5. The SMILES string of the molecule is CN1CCN(Cc2ccc(N=C(c3ccc4nccnc4c3)C3C(=O)Nc4cc(Cl)ccc43)cc2)CC1. The lowest BCUT2D eigenvalue weighted by Gasteiger charge is -2.32. The first kappa shape index (κ1) is 23.7. The van der Waals surface area contributed by atoms with E-state index in [4.69, 9.17) is 16.6 Å². The number of carbonyl (C=O) groups excluding carboxylic acids is 1. The largest absolute Gasteiger partial charge is 0.325 e. The van der Waals surface area contributed by atoms with Gasteiger partial charge < -0.3 is 10.2 Å². The molecule has 8 heteroatoms. The molecule has 3 aromatic carbocycles. The molecule has 1 atom stereocenters. The van der Waals surface area contributed by atoms with E-state index >= 15 is 0 Å². The number of likely N-dealkylation sites (N-methyl/N-ethyl adjacent to an activating group) is 1. The van der Waals surface area contributed by atoms with Gasteiger partial charge in [0, 0.05) is 55.8 Å². The molecular formula is C29H27ClN6O. The Bertz CT molecular complexity index is 1490. The minimum Gasteiger partial charge on any atom is -0.325 e. The number of halogens is 1. The van der Waals surface area contributed by atoms with Crippen LogP contribution in [0.5, 0.6) is 0 Å². The van der Waals surface area contributed by atoms with Crippen LogP contribution in [-0.2, 0) is 11.3 Å². The molecule has 0 saturated carbocycles. The summed E-state index contributed by atoms with van der Waals surface area (Å²) in [5.74, 6) is -0.687. The molecule has 7 nitrogen and oxygen atoms in total. The average molecular weight is 511 g/mol. The van der Waals surface area contributed by atoms with Crippen LogP contribution in [0.2, 0.25) is 5.02 Å². The fraction of sp³-hybridized carbons (Fsp3) is 0.241. The lowest BCUT2D eigenvalue weighted by Crippen LogP contribution is -2.43. The lowest BCUT2D eigenvalue weighted by molar-refractivity contribution is -0.115. The first-order chi connectivity index (χ1) is 18.0. The van der Waals surface area contributed by atoms with Crippen molar-refractivity contribution < 1.29 is 4.79 Å². The minimum atomic E-state index is -0.564. The number of aliphatic imine (C=N–C) groups is 1. The normalized spacial score (nSPS) is 18.7. The van der Waals surface area contributed by atoms with Gasteiger partial charge in [0.1, 0.15) is 5.92 Å². The van der Waals surface area contributed by atoms with Crippen LogP contribution < -0.4 is 5.32 Å². The van der Waals surface area contributed by atoms with Gasteiger partial charge in [-0.05, 0) is 60.1 Å². The summed E-state index contributed by atoms with van der Waals surface area (Å²) in [6.45, 7) is 5.26. The number of hydrogen-bond acceptors (Lipinski definition) is 6. The minimum absolute atomic E-state index is 0.123. The fourth-order valence-electron chi connectivity index (χ4n) is 5.00. The van der Waals surface area contributed by atoms with Gasteiger partial charge in [-0.2, -0.15) is 0 Å². The Kier molecular flexibility index (Phi) is 6.42. The Morgan fingerprint density at radius 2 is 1.73 bits per heavy atom. The Balaban J connectivity index is 1.37. The number of carbonyl (C=O) groups is 1. The molecule has 0 bridgehead atoms. The molecule has 1 unspecified atom stereocenters. The number of nitrogens with one attached hydrogen (secondary N) is 1. The monoisotopic (exact) mass is 510 g/mol. The van der Waals surface area contributed by atoms with Crippen molar-refractivity contribution in [1.29, 1.82) is 0 Å². The Morgan fingerprint density at radius 1 is 0.973 bits per heavy atom. The number of piperazine rings is 1. The van der Waals surface area contributed by atoms with E-state index in [0.29, 0.717) is 10.7 Å². The van der Waals surface area contributed by atoms with E-state index in [1.165, 1.54) is 5.56 Å². The van der Waals surface area contributed by atoms with E-state index in [1.54, 1.807) is 18.5 Å². The van der Waals surface area contributed by atoms with Crippen molar-refractivity contribution in [3.8, 4) is 0 Å². The highest BCUT2D eigenvalue weighted by molar-refractivity contribution is 6.31. The fourth-order valence-corrected chi connectivity index (χ4v) is 5.18. The molecule has 186 valence electrons. The highest BCUT2D eigenvalue weighted by Crippen LogP contribution is 2.38. The van der Waals surface area contributed by atoms with E-state index in [-0.39, 0.29) is 5.91 Å². The van der Waals surface area contributed by atoms with Gasteiger partial charge in [-0.3, -0.25) is 24.7 Å². The van der Waals surface area contributed by atoms with Crippen LogP contribution in [0.1, 0.15) is 22.6 Å². The van der Waals surface area contributed by atoms with Crippen molar-refractivity contribution >= 4 is 45.6 Å². The zero-order valence-corrected chi connectivity index (χ0v) is 21.3. The molecule has 1 amide bonds. The van der Waals surface area contributed by atoms with Gasteiger partial charge in [-0.1, -0.05) is 35.9 Å². The van der Waals surface area contributed by atoms with Crippen LogP contribution in [0.25, 0.3) is 11.0 Å². The molecule has 1 aromatic heterocycles. The second-order valence-corrected chi connectivity index (χ2v) is 10.1. The average Bonchev–Trinajstić information content (AvgIpc) is 3.23. The van der Waals surface area contributed by atoms with Crippen LogP contribution in [0, 0.1) is 0 Å². The molecule has 0 spiro atoms.